The summed E-state index contributed by atoms with van der Waals surface area (Å²) in [4.78, 5) is 108. The van der Waals surface area contributed by atoms with Crippen LogP contribution in [0, 0.1) is 0 Å². The summed E-state index contributed by atoms with van der Waals surface area (Å²) in [6, 6.07) is -7.41. The molecule has 0 bridgehead atoms. The van der Waals surface area contributed by atoms with E-state index < -0.39 is 103 Å². The van der Waals surface area contributed by atoms with Gasteiger partial charge in [0.15, 0.2) is 0 Å². The van der Waals surface area contributed by atoms with E-state index in [9.17, 15) is 48.3 Å². The highest BCUT2D eigenvalue weighted by Gasteiger charge is 2.28. The number of carboxylic acids is 3. The Hall–Kier alpha value is -4.85. The summed E-state index contributed by atoms with van der Waals surface area (Å²) >= 11 is 0. The van der Waals surface area contributed by atoms with E-state index in [0.29, 0.717) is 19.4 Å². The van der Waals surface area contributed by atoms with Crippen LogP contribution in [0.15, 0.2) is 0 Å². The van der Waals surface area contributed by atoms with Crippen molar-refractivity contribution in [2.45, 2.75) is 102 Å². The van der Waals surface area contributed by atoms with E-state index in [1.165, 1.54) is 20.8 Å². The van der Waals surface area contributed by atoms with Gasteiger partial charge in [-0.05, 0) is 59.4 Å². The van der Waals surface area contributed by atoms with Gasteiger partial charge in [-0.2, -0.15) is 0 Å². The number of carbonyl (C=O) groups is 9. The Kier molecular flexibility index (Phi) is 19.6. The lowest BCUT2D eigenvalue weighted by molar-refractivity contribution is -0.143. The molecule has 0 rings (SSSR count). The first kappa shape index (κ1) is 42.1. The lowest BCUT2D eigenvalue weighted by atomic mass is 10.1. The highest BCUT2D eigenvalue weighted by atomic mass is 16.4. The van der Waals surface area contributed by atoms with Crippen LogP contribution >= 0.6 is 0 Å². The lowest BCUT2D eigenvalue weighted by Crippen LogP contribution is -2.56. The average molecular weight is 675 g/mol. The zero-order valence-corrected chi connectivity index (χ0v) is 26.5. The van der Waals surface area contributed by atoms with Gasteiger partial charge >= 0.3 is 17.9 Å². The summed E-state index contributed by atoms with van der Waals surface area (Å²) in [7, 11) is 0. The highest BCUT2D eigenvalue weighted by Crippen LogP contribution is 2.03. The van der Waals surface area contributed by atoms with E-state index in [1.807, 2.05) is 0 Å². The fourth-order valence-electron chi connectivity index (χ4n) is 3.73. The number of unbranched alkanes of at least 4 members (excludes halogenated alkanes) is 1. The second-order valence-electron chi connectivity index (χ2n) is 10.7. The molecule has 6 amide bonds. The van der Waals surface area contributed by atoms with E-state index in [0.717, 1.165) is 0 Å². The first-order chi connectivity index (χ1) is 21.9. The second kappa shape index (κ2) is 21.8. The Morgan fingerprint density at radius 3 is 1.55 bits per heavy atom. The SMILES string of the molecule is C[C@H](NC(=O)CNC(=O)[C@H](CCCCN)NC(=O)[C@H](C)NC(=O)[C@@H](N)CCC(=O)O)C(=O)N[C@@H](C)C(=O)N[C@@H](CCC(=O)O)C(=O)O. The summed E-state index contributed by atoms with van der Waals surface area (Å²) in [6.45, 7) is 3.57. The number of rotatable bonds is 23. The maximum absolute atomic E-state index is 12.8. The monoisotopic (exact) mass is 674 g/mol. The average Bonchev–Trinajstić information content (AvgIpc) is 2.99. The minimum atomic E-state index is -1.50. The maximum atomic E-state index is 12.8. The fraction of sp³-hybridized carbons (Fsp3) is 0.667. The van der Waals surface area contributed by atoms with Crippen LogP contribution in [0.25, 0.3) is 0 Å². The standard InChI is InChI=1S/C27H46N8O12/c1-13(22(41)32-14(2)24(43)35-18(27(46)47)8-10-21(39)40)31-19(36)12-30-26(45)17(6-4-5-11-28)34-23(42)15(3)33-25(44)16(29)7-9-20(37)38/h13-18H,4-12,28-29H2,1-3H3,(H,30,45)(H,31,36)(H,32,41)(H,33,44)(H,34,42)(H,35,43)(H,37,38)(H,39,40)(H,46,47)/t13-,14-,15-,16-,17-,18-/m0/s1. The third-order valence-electron chi connectivity index (χ3n) is 6.55. The predicted molar refractivity (Wildman–Crippen MR) is 162 cm³/mol. The van der Waals surface area contributed by atoms with Gasteiger partial charge in [-0.25, -0.2) is 4.79 Å². The third kappa shape index (κ3) is 18.0. The largest absolute Gasteiger partial charge is 0.481 e. The number of carboxylic acid groups (broad SMARTS) is 3. The molecule has 0 spiro atoms. The van der Waals surface area contributed by atoms with Gasteiger partial charge in [0.1, 0.15) is 30.2 Å². The first-order valence-electron chi connectivity index (χ1n) is 14.8. The fourth-order valence-corrected chi connectivity index (χ4v) is 3.73. The van der Waals surface area contributed by atoms with Gasteiger partial charge in [-0.3, -0.25) is 38.4 Å². The Morgan fingerprint density at radius 2 is 1.04 bits per heavy atom. The number of aliphatic carboxylic acids is 3. The van der Waals surface area contributed by atoms with Crippen LogP contribution in [-0.4, -0.2) is 118 Å². The molecule has 0 heterocycles. The van der Waals surface area contributed by atoms with Crippen molar-refractivity contribution in [3.05, 3.63) is 0 Å². The van der Waals surface area contributed by atoms with Crippen LogP contribution in [-0.2, 0) is 43.2 Å². The number of nitrogens with two attached hydrogens (primary N) is 2. The molecule has 0 radical (unpaired) electrons. The Balaban J connectivity index is 5.03. The van der Waals surface area contributed by atoms with E-state index in [1.54, 1.807) is 0 Å². The second-order valence-corrected chi connectivity index (χ2v) is 10.7. The summed E-state index contributed by atoms with van der Waals surface area (Å²) in [6.07, 6.45) is -0.314. The van der Waals surface area contributed by atoms with Gasteiger partial charge in [-0.1, -0.05) is 0 Å². The number of hydrogen-bond acceptors (Lipinski definition) is 11. The van der Waals surface area contributed by atoms with Crippen molar-refractivity contribution in [1.29, 1.82) is 0 Å². The van der Waals surface area contributed by atoms with Gasteiger partial charge in [0.25, 0.3) is 0 Å². The minimum absolute atomic E-state index is 0.132. The van der Waals surface area contributed by atoms with Crippen molar-refractivity contribution < 1.29 is 58.5 Å². The molecule has 47 heavy (non-hydrogen) atoms. The van der Waals surface area contributed by atoms with E-state index in [4.69, 9.17) is 21.7 Å². The maximum Gasteiger partial charge on any atom is 0.326 e. The lowest BCUT2D eigenvalue weighted by Gasteiger charge is -2.22. The van der Waals surface area contributed by atoms with Gasteiger partial charge in [0.2, 0.25) is 35.4 Å². The molecule has 0 aliphatic carbocycles. The summed E-state index contributed by atoms with van der Waals surface area (Å²) in [5, 5.41) is 40.5. The smallest absolute Gasteiger partial charge is 0.326 e. The molecule has 0 aliphatic rings. The quantitative estimate of drug-likeness (QED) is 0.0459. The predicted octanol–water partition coefficient (Wildman–Crippen LogP) is -4.14. The molecule has 20 heteroatoms. The van der Waals surface area contributed by atoms with Crippen molar-refractivity contribution in [3.8, 4) is 0 Å². The Morgan fingerprint density at radius 1 is 0.574 bits per heavy atom. The van der Waals surface area contributed by atoms with Gasteiger partial charge in [0.05, 0.1) is 12.6 Å². The van der Waals surface area contributed by atoms with E-state index in [2.05, 4.69) is 31.9 Å². The van der Waals surface area contributed by atoms with Crippen molar-refractivity contribution in [3.63, 3.8) is 0 Å². The highest BCUT2D eigenvalue weighted by molar-refractivity contribution is 5.95. The zero-order valence-electron chi connectivity index (χ0n) is 26.5. The molecule has 0 aromatic heterocycles. The molecule has 0 aromatic rings. The summed E-state index contributed by atoms with van der Waals surface area (Å²) in [5.74, 6) is -8.65. The third-order valence-corrected chi connectivity index (χ3v) is 6.55. The molecule has 0 saturated carbocycles. The van der Waals surface area contributed by atoms with E-state index >= 15 is 0 Å². The number of hydrogen-bond donors (Lipinski definition) is 11. The van der Waals surface area contributed by atoms with Crippen molar-refractivity contribution in [2.24, 2.45) is 11.5 Å². The Labute approximate surface area is 270 Å². The van der Waals surface area contributed by atoms with E-state index in [-0.39, 0.29) is 25.7 Å². The molecular weight excluding hydrogens is 628 g/mol. The van der Waals surface area contributed by atoms with Gasteiger partial charge < -0.3 is 58.7 Å². The molecular formula is C27H46N8O12. The number of amides is 6. The van der Waals surface area contributed by atoms with Crippen molar-refractivity contribution in [2.75, 3.05) is 13.1 Å². The normalized spacial score (nSPS) is 14.5. The molecule has 266 valence electrons. The topological polar surface area (TPSA) is 339 Å². The molecule has 0 unspecified atom stereocenters. The van der Waals surface area contributed by atoms with Crippen LogP contribution in [0.1, 0.15) is 65.7 Å². The van der Waals surface area contributed by atoms with Crippen LogP contribution < -0.4 is 43.4 Å². The van der Waals surface area contributed by atoms with Crippen LogP contribution in [0.2, 0.25) is 0 Å². The van der Waals surface area contributed by atoms with Crippen molar-refractivity contribution >= 4 is 53.4 Å². The zero-order chi connectivity index (χ0) is 36.3. The summed E-state index contributed by atoms with van der Waals surface area (Å²) < 4.78 is 0. The molecule has 0 saturated heterocycles. The van der Waals surface area contributed by atoms with Crippen LogP contribution in [0.4, 0.5) is 0 Å². The van der Waals surface area contributed by atoms with Crippen LogP contribution in [0.3, 0.4) is 0 Å². The number of nitrogens with one attached hydrogen (secondary N) is 6. The molecule has 13 N–H and O–H groups in total. The van der Waals surface area contributed by atoms with Gasteiger partial charge in [0, 0.05) is 12.8 Å². The molecule has 6 atom stereocenters. The first-order valence-corrected chi connectivity index (χ1v) is 14.8. The van der Waals surface area contributed by atoms with Crippen LogP contribution in [0.5, 0.6) is 0 Å². The summed E-state index contributed by atoms with van der Waals surface area (Å²) in [5.41, 5.74) is 11.2. The Bertz CT molecular complexity index is 1150. The minimum Gasteiger partial charge on any atom is -0.481 e. The van der Waals surface area contributed by atoms with Gasteiger partial charge in [-0.15, -0.1) is 0 Å². The molecule has 0 aromatic carbocycles. The molecule has 20 nitrogen and oxygen atoms in total. The molecule has 0 fully saturated rings. The number of carbonyl (C=O) groups excluding carboxylic acids is 6. The molecule has 0 aliphatic heterocycles. The van der Waals surface area contributed by atoms with Crippen molar-refractivity contribution in [1.82, 2.24) is 31.9 Å².